The monoisotopic (exact) mass is 424 g/mol. The van der Waals surface area contributed by atoms with Crippen molar-refractivity contribution in [1.29, 1.82) is 0 Å². The van der Waals surface area contributed by atoms with E-state index in [-0.39, 0.29) is 5.75 Å². The molecule has 31 heavy (non-hydrogen) atoms. The molecule has 1 aliphatic carbocycles. The van der Waals surface area contributed by atoms with Crippen molar-refractivity contribution in [3.05, 3.63) is 107 Å². The van der Waals surface area contributed by atoms with E-state index in [4.69, 9.17) is 0 Å². The maximum atomic E-state index is 12.5. The van der Waals surface area contributed by atoms with Gasteiger partial charge in [-0.2, -0.15) is 0 Å². The van der Waals surface area contributed by atoms with Crippen molar-refractivity contribution in [2.24, 2.45) is 5.41 Å². The Morgan fingerprint density at radius 2 is 1.61 bits per heavy atom. The summed E-state index contributed by atoms with van der Waals surface area (Å²) in [6, 6.07) is 23.6. The standard InChI is InChI=1S/C26H23F3O2/c27-26(28,29)31-22-12-10-20(11-13-22)18-25(16-14-19-6-2-1-3-7-19)17-15-21-8-4-5-9-23(21)24(25)30/h1-14,16,24,30H,15,17-18H2/b16-14+. The van der Waals surface area contributed by atoms with Crippen molar-refractivity contribution >= 4 is 6.08 Å². The molecule has 3 aromatic rings. The van der Waals surface area contributed by atoms with Gasteiger partial charge in [-0.15, -0.1) is 13.2 Å². The molecule has 2 nitrogen and oxygen atoms in total. The van der Waals surface area contributed by atoms with Crippen LogP contribution < -0.4 is 4.74 Å². The van der Waals surface area contributed by atoms with E-state index in [1.165, 1.54) is 12.1 Å². The van der Waals surface area contributed by atoms with Gasteiger partial charge in [0, 0.05) is 5.41 Å². The third-order valence-electron chi connectivity index (χ3n) is 5.85. The quantitative estimate of drug-likeness (QED) is 0.506. The van der Waals surface area contributed by atoms with Gasteiger partial charge >= 0.3 is 6.36 Å². The molecule has 0 amide bonds. The summed E-state index contributed by atoms with van der Waals surface area (Å²) in [5.74, 6) is -0.250. The van der Waals surface area contributed by atoms with Gasteiger partial charge < -0.3 is 9.84 Å². The Labute approximate surface area is 179 Å². The Morgan fingerprint density at radius 3 is 2.32 bits per heavy atom. The van der Waals surface area contributed by atoms with Crippen molar-refractivity contribution in [1.82, 2.24) is 0 Å². The fourth-order valence-corrected chi connectivity index (χ4v) is 4.28. The molecule has 0 aliphatic heterocycles. The third-order valence-corrected chi connectivity index (χ3v) is 5.85. The minimum absolute atomic E-state index is 0.250. The van der Waals surface area contributed by atoms with Crippen LogP contribution in [0.1, 0.15) is 34.8 Å². The van der Waals surface area contributed by atoms with Gasteiger partial charge in [0.05, 0.1) is 6.10 Å². The van der Waals surface area contributed by atoms with Gasteiger partial charge in [0.15, 0.2) is 0 Å². The second kappa shape index (κ2) is 8.60. The highest BCUT2D eigenvalue weighted by atomic mass is 19.4. The molecule has 4 rings (SSSR count). The van der Waals surface area contributed by atoms with Crippen molar-refractivity contribution in [2.75, 3.05) is 0 Å². The number of hydrogen-bond donors (Lipinski definition) is 1. The fraction of sp³-hybridized carbons (Fsp3) is 0.231. The molecule has 0 saturated carbocycles. The van der Waals surface area contributed by atoms with Crippen LogP contribution in [0.5, 0.6) is 5.75 Å². The van der Waals surface area contributed by atoms with Crippen molar-refractivity contribution < 1.29 is 23.0 Å². The average Bonchev–Trinajstić information content (AvgIpc) is 2.76. The Balaban J connectivity index is 1.66. The van der Waals surface area contributed by atoms with Gasteiger partial charge in [-0.05, 0) is 53.6 Å². The molecule has 0 radical (unpaired) electrons. The van der Waals surface area contributed by atoms with Gasteiger partial charge in [0.25, 0.3) is 0 Å². The van der Waals surface area contributed by atoms with E-state index in [1.807, 2.05) is 60.7 Å². The molecule has 1 N–H and O–H groups in total. The number of ether oxygens (including phenoxy) is 1. The predicted octanol–water partition coefficient (Wildman–Crippen LogP) is 6.51. The lowest BCUT2D eigenvalue weighted by atomic mass is 9.66. The molecule has 2 unspecified atom stereocenters. The van der Waals surface area contributed by atoms with E-state index in [9.17, 15) is 18.3 Å². The summed E-state index contributed by atoms with van der Waals surface area (Å²) >= 11 is 0. The van der Waals surface area contributed by atoms with E-state index < -0.39 is 17.9 Å². The first kappa shape index (κ1) is 21.2. The molecule has 0 fully saturated rings. The second-order valence-corrected chi connectivity index (χ2v) is 7.95. The highest BCUT2D eigenvalue weighted by Gasteiger charge is 2.40. The zero-order valence-corrected chi connectivity index (χ0v) is 16.8. The van der Waals surface area contributed by atoms with Gasteiger partial charge in [-0.3, -0.25) is 0 Å². The van der Waals surface area contributed by atoms with Gasteiger partial charge in [0.2, 0.25) is 0 Å². The number of halogens is 3. The number of benzene rings is 3. The van der Waals surface area contributed by atoms with Crippen molar-refractivity contribution in [3.63, 3.8) is 0 Å². The number of rotatable bonds is 5. The highest BCUT2D eigenvalue weighted by Crippen LogP contribution is 2.48. The lowest BCUT2D eigenvalue weighted by molar-refractivity contribution is -0.274. The molecule has 0 heterocycles. The largest absolute Gasteiger partial charge is 0.573 e. The van der Waals surface area contributed by atoms with Crippen molar-refractivity contribution in [2.45, 2.75) is 31.7 Å². The molecular weight excluding hydrogens is 401 g/mol. The molecule has 0 saturated heterocycles. The fourth-order valence-electron chi connectivity index (χ4n) is 4.28. The molecule has 160 valence electrons. The zero-order chi connectivity index (χ0) is 21.9. The number of hydrogen-bond acceptors (Lipinski definition) is 2. The molecule has 0 bridgehead atoms. The molecule has 5 heteroatoms. The lowest BCUT2D eigenvalue weighted by Crippen LogP contribution is -2.34. The normalized spacial score (nSPS) is 21.1. The average molecular weight is 424 g/mol. The Kier molecular flexibility index (Phi) is 5.88. The van der Waals surface area contributed by atoms with E-state index >= 15 is 0 Å². The molecule has 0 aromatic heterocycles. The SMILES string of the molecule is OC1c2ccccc2CCC1(/C=C/c1ccccc1)Cc1ccc(OC(F)(F)F)cc1. The summed E-state index contributed by atoms with van der Waals surface area (Å²) in [7, 11) is 0. The van der Waals surface area contributed by atoms with Gasteiger partial charge in [-0.25, -0.2) is 0 Å². The smallest absolute Gasteiger partial charge is 0.406 e. The van der Waals surface area contributed by atoms with Crippen LogP contribution in [0.2, 0.25) is 0 Å². The van der Waals surface area contributed by atoms with E-state index in [0.717, 1.165) is 35.1 Å². The summed E-state index contributed by atoms with van der Waals surface area (Å²) < 4.78 is 41.4. The summed E-state index contributed by atoms with van der Waals surface area (Å²) in [4.78, 5) is 0. The van der Waals surface area contributed by atoms with Crippen molar-refractivity contribution in [3.8, 4) is 5.75 Å². The number of fused-ring (bicyclic) bond motifs is 1. The first-order valence-corrected chi connectivity index (χ1v) is 10.2. The van der Waals surface area contributed by atoms with Crippen LogP contribution in [0.3, 0.4) is 0 Å². The molecule has 3 aromatic carbocycles. The summed E-state index contributed by atoms with van der Waals surface area (Å²) in [6.45, 7) is 0. The topological polar surface area (TPSA) is 29.5 Å². The van der Waals surface area contributed by atoms with E-state index in [1.54, 1.807) is 12.1 Å². The second-order valence-electron chi connectivity index (χ2n) is 7.95. The summed E-state index contributed by atoms with van der Waals surface area (Å²) in [5.41, 5.74) is 3.33. The lowest BCUT2D eigenvalue weighted by Gasteiger charge is -2.41. The van der Waals surface area contributed by atoms with Crippen LogP contribution in [0, 0.1) is 5.41 Å². The van der Waals surface area contributed by atoms with Crippen LogP contribution in [-0.4, -0.2) is 11.5 Å². The van der Waals surface area contributed by atoms with Crippen LogP contribution in [0.4, 0.5) is 13.2 Å². The zero-order valence-electron chi connectivity index (χ0n) is 16.8. The van der Waals surface area contributed by atoms with Crippen LogP contribution in [-0.2, 0) is 12.8 Å². The Hall–Kier alpha value is -3.05. The van der Waals surface area contributed by atoms with Gasteiger partial charge in [0.1, 0.15) is 5.75 Å². The number of aryl methyl sites for hydroxylation is 1. The predicted molar refractivity (Wildman–Crippen MR) is 114 cm³/mol. The summed E-state index contributed by atoms with van der Waals surface area (Å²) in [5, 5.41) is 11.4. The number of aliphatic hydroxyl groups is 1. The molecule has 1 aliphatic rings. The third kappa shape index (κ3) is 5.00. The van der Waals surface area contributed by atoms with Crippen LogP contribution in [0.25, 0.3) is 6.08 Å². The Morgan fingerprint density at radius 1 is 0.935 bits per heavy atom. The highest BCUT2D eigenvalue weighted by molar-refractivity contribution is 5.51. The first-order valence-electron chi connectivity index (χ1n) is 10.2. The maximum absolute atomic E-state index is 12.5. The van der Waals surface area contributed by atoms with E-state index in [0.29, 0.717) is 6.42 Å². The number of aliphatic hydroxyl groups excluding tert-OH is 1. The number of alkyl halides is 3. The molecule has 0 spiro atoms. The van der Waals surface area contributed by atoms with Crippen LogP contribution >= 0.6 is 0 Å². The minimum atomic E-state index is -4.72. The molecular formula is C26H23F3O2. The maximum Gasteiger partial charge on any atom is 0.573 e. The van der Waals surface area contributed by atoms with E-state index in [2.05, 4.69) is 10.8 Å². The minimum Gasteiger partial charge on any atom is -0.406 e. The summed E-state index contributed by atoms with van der Waals surface area (Å²) in [6.07, 6.45) is 0.685. The van der Waals surface area contributed by atoms with Gasteiger partial charge in [-0.1, -0.05) is 78.9 Å². The van der Waals surface area contributed by atoms with Crippen LogP contribution in [0.15, 0.2) is 84.9 Å². The Bertz CT molecular complexity index is 1040. The first-order chi connectivity index (χ1) is 14.8. The molecule has 2 atom stereocenters.